The van der Waals surface area contributed by atoms with Crippen LogP contribution in [0.3, 0.4) is 0 Å². The summed E-state index contributed by atoms with van der Waals surface area (Å²) in [6.07, 6.45) is 1.77. The van der Waals surface area contributed by atoms with Crippen molar-refractivity contribution in [2.75, 3.05) is 27.0 Å². The summed E-state index contributed by atoms with van der Waals surface area (Å²) in [5.74, 6) is 0.282. The average molecular weight is 432 g/mol. The monoisotopic (exact) mass is 432 g/mol. The summed E-state index contributed by atoms with van der Waals surface area (Å²) in [6, 6.07) is 0. The third kappa shape index (κ3) is 4.55. The summed E-state index contributed by atoms with van der Waals surface area (Å²) in [7, 11) is 1.46. The number of imidazole rings is 1. The van der Waals surface area contributed by atoms with E-state index in [4.69, 9.17) is 18.7 Å². The van der Waals surface area contributed by atoms with Gasteiger partial charge in [0.15, 0.2) is 23.6 Å². The Labute approximate surface area is 166 Å². The summed E-state index contributed by atoms with van der Waals surface area (Å²) in [5, 5.41) is 0. The summed E-state index contributed by atoms with van der Waals surface area (Å²) in [4.78, 5) is 12.5. The number of rotatable bonds is 8. The molecule has 3 rings (SSSR count). The molecule has 0 aromatic carbocycles. The number of alkyl halides is 1. The smallest absolute Gasteiger partial charge is 0.252 e. The molecule has 0 aliphatic carbocycles. The Kier molecular flexibility index (Phi) is 6.72. The van der Waals surface area contributed by atoms with E-state index in [1.165, 1.54) is 31.0 Å². The molecule has 0 saturated carbocycles. The van der Waals surface area contributed by atoms with Crippen molar-refractivity contribution < 1.29 is 27.7 Å². The molecule has 3 heterocycles. The van der Waals surface area contributed by atoms with Crippen LogP contribution in [-0.2, 0) is 18.6 Å². The van der Waals surface area contributed by atoms with Crippen molar-refractivity contribution in [3.8, 4) is 5.88 Å². The first kappa shape index (κ1) is 21.2. The van der Waals surface area contributed by atoms with Gasteiger partial charge in [0.2, 0.25) is 5.88 Å². The number of ether oxygens (including phenoxy) is 3. The Morgan fingerprint density at radius 2 is 2.21 bits per heavy atom. The zero-order valence-corrected chi connectivity index (χ0v) is 17.4. The van der Waals surface area contributed by atoms with Gasteiger partial charge in [-0.25, -0.2) is 14.4 Å². The first-order valence-electron chi connectivity index (χ1n) is 8.54. The van der Waals surface area contributed by atoms with Crippen molar-refractivity contribution in [1.82, 2.24) is 19.5 Å². The lowest BCUT2D eigenvalue weighted by Crippen LogP contribution is -2.33. The molecule has 154 valence electrons. The minimum Gasteiger partial charge on any atom is -0.472 e. The zero-order chi connectivity index (χ0) is 20.3. The van der Waals surface area contributed by atoms with E-state index in [2.05, 4.69) is 27.2 Å². The highest BCUT2D eigenvalue weighted by atomic mass is 32.7. The summed E-state index contributed by atoms with van der Waals surface area (Å²) >= 11 is 3.91. The first-order valence-corrected chi connectivity index (χ1v) is 11.8. The molecule has 2 aromatic heterocycles. The van der Waals surface area contributed by atoms with Crippen molar-refractivity contribution in [3.05, 3.63) is 24.8 Å². The van der Waals surface area contributed by atoms with Gasteiger partial charge in [-0.05, 0) is 6.92 Å². The van der Waals surface area contributed by atoms with Crippen LogP contribution >= 0.6 is 18.8 Å². The van der Waals surface area contributed by atoms with Crippen LogP contribution in [0.25, 0.3) is 11.2 Å². The van der Waals surface area contributed by atoms with E-state index in [9.17, 15) is 4.57 Å². The number of thiol groups is 1. The van der Waals surface area contributed by atoms with E-state index in [0.29, 0.717) is 17.8 Å². The molecule has 1 aliphatic heterocycles. The maximum atomic E-state index is 15.2. The lowest BCUT2D eigenvalue weighted by atomic mass is 10.1. The SMILES string of the molecule is C/C=C/COc1ncnc2c1ncn2[C@@H]1O[C@H](COC)[C@@H](O[P@](C)(=O)S)[C@H]1F. The van der Waals surface area contributed by atoms with Crippen LogP contribution in [0.5, 0.6) is 5.88 Å². The van der Waals surface area contributed by atoms with Crippen molar-refractivity contribution in [1.29, 1.82) is 0 Å². The number of aromatic nitrogens is 4. The fraction of sp³-hybridized carbons (Fsp3) is 0.562. The second kappa shape index (κ2) is 8.87. The number of hydrogen-bond donors (Lipinski definition) is 1. The molecule has 1 saturated heterocycles. The van der Waals surface area contributed by atoms with E-state index in [1.54, 1.807) is 0 Å². The Balaban J connectivity index is 1.91. The van der Waals surface area contributed by atoms with E-state index in [-0.39, 0.29) is 12.5 Å². The number of fused-ring (bicyclic) bond motifs is 1. The highest BCUT2D eigenvalue weighted by Gasteiger charge is 2.49. The molecule has 0 radical (unpaired) electrons. The number of halogens is 1. The molecular formula is C16H22FN4O5PS. The fourth-order valence-corrected chi connectivity index (χ4v) is 3.94. The van der Waals surface area contributed by atoms with Crippen molar-refractivity contribution in [2.24, 2.45) is 0 Å². The van der Waals surface area contributed by atoms with Gasteiger partial charge in [-0.1, -0.05) is 24.4 Å². The minimum absolute atomic E-state index is 0.0642. The number of allylic oxidation sites excluding steroid dienone is 1. The van der Waals surface area contributed by atoms with Gasteiger partial charge < -0.3 is 18.7 Å². The molecule has 1 aliphatic rings. The summed E-state index contributed by atoms with van der Waals surface area (Å²) in [6.45, 7) is 0.314. The molecule has 0 spiro atoms. The van der Waals surface area contributed by atoms with Crippen LogP contribution < -0.4 is 4.74 Å². The molecule has 9 nitrogen and oxygen atoms in total. The Morgan fingerprint density at radius 1 is 1.43 bits per heavy atom. The zero-order valence-electron chi connectivity index (χ0n) is 15.6. The maximum Gasteiger partial charge on any atom is 0.252 e. The second-order valence-corrected chi connectivity index (χ2v) is 10.2. The standard InChI is InChI=1S/C16H22FN4O5PS/c1-4-5-6-24-15-12-14(18-8-19-15)21(9-20-12)16-11(17)13(26-27(3,22)28)10(25-16)7-23-2/h4-5,8-11,13,16H,6-7H2,1-3H3,(H,22,28)/b5-4+/t10-,11-,13-,16-,27+/m1/s1. The molecule has 0 unspecified atom stereocenters. The van der Waals surface area contributed by atoms with Crippen LogP contribution in [0.15, 0.2) is 24.8 Å². The number of methoxy groups -OCH3 is 1. The van der Waals surface area contributed by atoms with Crippen LogP contribution in [0.1, 0.15) is 13.2 Å². The van der Waals surface area contributed by atoms with Gasteiger partial charge in [0.1, 0.15) is 25.1 Å². The van der Waals surface area contributed by atoms with Crippen molar-refractivity contribution in [2.45, 2.75) is 31.5 Å². The molecule has 2 aromatic rings. The molecule has 0 N–H and O–H groups in total. The van der Waals surface area contributed by atoms with Gasteiger partial charge >= 0.3 is 0 Å². The molecule has 5 atom stereocenters. The van der Waals surface area contributed by atoms with Gasteiger partial charge in [0, 0.05) is 13.8 Å². The van der Waals surface area contributed by atoms with Crippen molar-refractivity contribution >= 4 is 30.0 Å². The van der Waals surface area contributed by atoms with Gasteiger partial charge in [-0.3, -0.25) is 9.13 Å². The Morgan fingerprint density at radius 3 is 2.89 bits per heavy atom. The normalized spacial score (nSPS) is 27.5. The molecule has 1 fully saturated rings. The van der Waals surface area contributed by atoms with Crippen LogP contribution in [-0.4, -0.2) is 64.9 Å². The quantitative estimate of drug-likeness (QED) is 0.386. The highest BCUT2D eigenvalue weighted by molar-refractivity contribution is 8.46. The van der Waals surface area contributed by atoms with Gasteiger partial charge in [0.05, 0.1) is 12.9 Å². The molecule has 12 heteroatoms. The van der Waals surface area contributed by atoms with Crippen molar-refractivity contribution in [3.63, 3.8) is 0 Å². The third-order valence-corrected chi connectivity index (χ3v) is 4.98. The third-order valence-electron chi connectivity index (χ3n) is 4.07. The topological polar surface area (TPSA) is 97.6 Å². The lowest BCUT2D eigenvalue weighted by Gasteiger charge is -2.20. The summed E-state index contributed by atoms with van der Waals surface area (Å²) in [5.41, 5.74) is 0.728. The highest BCUT2D eigenvalue weighted by Crippen LogP contribution is 2.52. The number of hydrogen-bond acceptors (Lipinski definition) is 8. The first-order chi connectivity index (χ1) is 13.4. The molecular weight excluding hydrogens is 410 g/mol. The summed E-state index contributed by atoms with van der Waals surface area (Å²) < 4.78 is 50.4. The predicted molar refractivity (Wildman–Crippen MR) is 104 cm³/mol. The lowest BCUT2D eigenvalue weighted by molar-refractivity contribution is -0.0512. The average Bonchev–Trinajstić information content (AvgIpc) is 3.18. The van der Waals surface area contributed by atoms with E-state index >= 15 is 4.39 Å². The van der Waals surface area contributed by atoms with E-state index < -0.39 is 31.2 Å². The van der Waals surface area contributed by atoms with E-state index in [1.807, 2.05) is 19.1 Å². The Bertz CT molecular complexity index is 891. The molecule has 0 amide bonds. The maximum absolute atomic E-state index is 15.2. The molecule has 0 bridgehead atoms. The van der Waals surface area contributed by atoms with E-state index in [0.717, 1.165) is 0 Å². The van der Waals surface area contributed by atoms with Crippen LogP contribution in [0, 0.1) is 0 Å². The fourth-order valence-electron chi connectivity index (χ4n) is 2.91. The molecule has 28 heavy (non-hydrogen) atoms. The van der Waals surface area contributed by atoms with Crippen LogP contribution in [0.2, 0.25) is 0 Å². The second-order valence-electron chi connectivity index (χ2n) is 6.22. The number of nitrogens with zero attached hydrogens (tertiary/aromatic N) is 4. The van der Waals surface area contributed by atoms with Crippen LogP contribution in [0.4, 0.5) is 4.39 Å². The predicted octanol–water partition coefficient (Wildman–Crippen LogP) is 2.80. The Hall–Kier alpha value is -1.52. The van der Waals surface area contributed by atoms with Gasteiger partial charge in [-0.15, -0.1) is 0 Å². The minimum atomic E-state index is -3.25. The van der Waals surface area contributed by atoms with Gasteiger partial charge in [0.25, 0.3) is 6.57 Å². The largest absolute Gasteiger partial charge is 0.472 e. The van der Waals surface area contributed by atoms with Gasteiger partial charge in [-0.2, -0.15) is 4.98 Å².